The van der Waals surface area contributed by atoms with Gasteiger partial charge in [-0.1, -0.05) is 26.2 Å². The lowest BCUT2D eigenvalue weighted by atomic mass is 10.1. The highest BCUT2D eigenvalue weighted by Crippen LogP contribution is 2.10. The van der Waals surface area contributed by atoms with Crippen LogP contribution in [0.15, 0.2) is 0 Å². The first-order chi connectivity index (χ1) is 6.83. The van der Waals surface area contributed by atoms with Crippen LogP contribution < -0.4 is 5.32 Å². The minimum Gasteiger partial charge on any atom is -0.313 e. The van der Waals surface area contributed by atoms with Gasteiger partial charge in [0.1, 0.15) is 0 Å². The molecule has 0 aromatic carbocycles. The van der Waals surface area contributed by atoms with Crippen LogP contribution in [0.2, 0.25) is 0 Å². The first kappa shape index (κ1) is 12.0. The second-order valence-electron chi connectivity index (χ2n) is 4.53. The van der Waals surface area contributed by atoms with Crippen molar-refractivity contribution < 1.29 is 0 Å². The minimum atomic E-state index is 0.652. The second kappa shape index (κ2) is 7.24. The van der Waals surface area contributed by atoms with Crippen LogP contribution in [0.5, 0.6) is 0 Å². The van der Waals surface area contributed by atoms with Gasteiger partial charge in [0.25, 0.3) is 0 Å². The lowest BCUT2D eigenvalue weighted by molar-refractivity contribution is 0.227. The number of nitrogens with one attached hydrogen (secondary N) is 1. The SMILES string of the molecule is CCNC(C)CN1CCCCCCC1. The van der Waals surface area contributed by atoms with Gasteiger partial charge in [-0.15, -0.1) is 0 Å². The van der Waals surface area contributed by atoms with Crippen LogP contribution in [0.3, 0.4) is 0 Å². The second-order valence-corrected chi connectivity index (χ2v) is 4.53. The number of hydrogen-bond acceptors (Lipinski definition) is 2. The van der Waals surface area contributed by atoms with E-state index < -0.39 is 0 Å². The van der Waals surface area contributed by atoms with E-state index in [-0.39, 0.29) is 0 Å². The van der Waals surface area contributed by atoms with E-state index in [0.717, 1.165) is 6.54 Å². The third-order valence-corrected chi connectivity index (χ3v) is 3.03. The zero-order valence-corrected chi connectivity index (χ0v) is 9.89. The minimum absolute atomic E-state index is 0.652. The zero-order chi connectivity index (χ0) is 10.2. The van der Waals surface area contributed by atoms with E-state index in [4.69, 9.17) is 0 Å². The quantitative estimate of drug-likeness (QED) is 0.745. The Labute approximate surface area is 89.1 Å². The van der Waals surface area contributed by atoms with E-state index >= 15 is 0 Å². The van der Waals surface area contributed by atoms with Crippen molar-refractivity contribution in [2.75, 3.05) is 26.2 Å². The van der Waals surface area contributed by atoms with E-state index in [2.05, 4.69) is 24.1 Å². The van der Waals surface area contributed by atoms with Crippen LogP contribution in [0.25, 0.3) is 0 Å². The van der Waals surface area contributed by atoms with Gasteiger partial charge in [-0.3, -0.25) is 0 Å². The topological polar surface area (TPSA) is 15.3 Å². The molecule has 1 aliphatic rings. The van der Waals surface area contributed by atoms with Gasteiger partial charge in [0.15, 0.2) is 0 Å². The van der Waals surface area contributed by atoms with Gasteiger partial charge in [-0.05, 0) is 39.4 Å². The molecule has 0 amide bonds. The van der Waals surface area contributed by atoms with Gasteiger partial charge in [-0.25, -0.2) is 0 Å². The fourth-order valence-electron chi connectivity index (χ4n) is 2.30. The molecule has 1 fully saturated rings. The molecule has 2 nitrogen and oxygen atoms in total. The summed E-state index contributed by atoms with van der Waals surface area (Å²) in [5.74, 6) is 0. The number of likely N-dealkylation sites (tertiary alicyclic amines) is 1. The lowest BCUT2D eigenvalue weighted by Crippen LogP contribution is -2.40. The average molecular weight is 198 g/mol. The van der Waals surface area contributed by atoms with Crippen molar-refractivity contribution in [2.45, 2.75) is 52.0 Å². The van der Waals surface area contributed by atoms with Crippen molar-refractivity contribution in [3.05, 3.63) is 0 Å². The molecule has 0 aliphatic carbocycles. The molecule has 0 radical (unpaired) electrons. The molecular formula is C12H26N2. The van der Waals surface area contributed by atoms with E-state index in [1.807, 2.05) is 0 Å². The summed E-state index contributed by atoms with van der Waals surface area (Å²) in [6.45, 7) is 9.43. The summed E-state index contributed by atoms with van der Waals surface area (Å²) >= 11 is 0. The molecule has 1 heterocycles. The van der Waals surface area contributed by atoms with Gasteiger partial charge < -0.3 is 10.2 Å². The van der Waals surface area contributed by atoms with E-state index in [9.17, 15) is 0 Å². The molecule has 0 spiro atoms. The first-order valence-electron chi connectivity index (χ1n) is 6.28. The van der Waals surface area contributed by atoms with Crippen molar-refractivity contribution in [3.8, 4) is 0 Å². The molecule has 2 heteroatoms. The van der Waals surface area contributed by atoms with Crippen LogP contribution in [-0.2, 0) is 0 Å². The molecule has 1 N–H and O–H groups in total. The standard InChI is InChI=1S/C12H26N2/c1-3-13-12(2)11-14-9-7-5-4-6-8-10-14/h12-13H,3-11H2,1-2H3. The number of hydrogen-bond donors (Lipinski definition) is 1. The molecule has 0 aromatic heterocycles. The highest BCUT2D eigenvalue weighted by molar-refractivity contribution is 4.69. The van der Waals surface area contributed by atoms with Crippen molar-refractivity contribution in [2.24, 2.45) is 0 Å². The van der Waals surface area contributed by atoms with E-state index in [1.54, 1.807) is 0 Å². The van der Waals surface area contributed by atoms with Crippen molar-refractivity contribution in [1.82, 2.24) is 10.2 Å². The Balaban J connectivity index is 2.19. The molecular weight excluding hydrogens is 172 g/mol. The molecule has 1 aliphatic heterocycles. The van der Waals surface area contributed by atoms with Gasteiger partial charge in [0, 0.05) is 12.6 Å². The van der Waals surface area contributed by atoms with E-state index in [0.29, 0.717) is 6.04 Å². The fourth-order valence-corrected chi connectivity index (χ4v) is 2.30. The maximum absolute atomic E-state index is 3.49. The summed E-state index contributed by atoms with van der Waals surface area (Å²) in [5, 5.41) is 3.49. The fraction of sp³-hybridized carbons (Fsp3) is 1.00. The number of likely N-dealkylation sites (N-methyl/N-ethyl adjacent to an activating group) is 1. The predicted molar refractivity (Wildman–Crippen MR) is 62.7 cm³/mol. The van der Waals surface area contributed by atoms with Crippen LogP contribution >= 0.6 is 0 Å². The summed E-state index contributed by atoms with van der Waals surface area (Å²) in [5.41, 5.74) is 0. The Hall–Kier alpha value is -0.0800. The maximum atomic E-state index is 3.49. The van der Waals surface area contributed by atoms with Crippen LogP contribution in [0, 0.1) is 0 Å². The molecule has 1 rings (SSSR count). The van der Waals surface area contributed by atoms with E-state index in [1.165, 1.54) is 51.7 Å². The molecule has 0 aromatic rings. The molecule has 84 valence electrons. The Morgan fingerprint density at radius 1 is 1.07 bits per heavy atom. The lowest BCUT2D eigenvalue weighted by Gasteiger charge is -2.27. The highest BCUT2D eigenvalue weighted by atomic mass is 15.1. The Kier molecular flexibility index (Phi) is 6.20. The van der Waals surface area contributed by atoms with Crippen LogP contribution in [-0.4, -0.2) is 37.1 Å². The van der Waals surface area contributed by atoms with Crippen molar-refractivity contribution in [1.29, 1.82) is 0 Å². The molecule has 14 heavy (non-hydrogen) atoms. The maximum Gasteiger partial charge on any atom is 0.0166 e. The van der Waals surface area contributed by atoms with Gasteiger partial charge in [0.05, 0.1) is 0 Å². The summed E-state index contributed by atoms with van der Waals surface area (Å²) in [7, 11) is 0. The third-order valence-electron chi connectivity index (χ3n) is 3.03. The number of nitrogens with zero attached hydrogens (tertiary/aromatic N) is 1. The molecule has 1 atom stereocenters. The molecule has 1 unspecified atom stereocenters. The summed E-state index contributed by atoms with van der Waals surface area (Å²) in [6, 6.07) is 0.652. The normalized spacial score (nSPS) is 22.7. The van der Waals surface area contributed by atoms with Crippen molar-refractivity contribution in [3.63, 3.8) is 0 Å². The van der Waals surface area contributed by atoms with Crippen LogP contribution in [0.1, 0.15) is 46.0 Å². The smallest absolute Gasteiger partial charge is 0.0166 e. The molecule has 1 saturated heterocycles. The van der Waals surface area contributed by atoms with Gasteiger partial charge in [-0.2, -0.15) is 0 Å². The van der Waals surface area contributed by atoms with Gasteiger partial charge >= 0.3 is 0 Å². The summed E-state index contributed by atoms with van der Waals surface area (Å²) < 4.78 is 0. The Morgan fingerprint density at radius 2 is 1.64 bits per heavy atom. The average Bonchev–Trinajstić information content (AvgIpc) is 2.10. The largest absolute Gasteiger partial charge is 0.313 e. The Morgan fingerprint density at radius 3 is 2.21 bits per heavy atom. The zero-order valence-electron chi connectivity index (χ0n) is 9.89. The van der Waals surface area contributed by atoms with Gasteiger partial charge in [0.2, 0.25) is 0 Å². The third kappa shape index (κ3) is 4.97. The highest BCUT2D eigenvalue weighted by Gasteiger charge is 2.10. The van der Waals surface area contributed by atoms with Crippen molar-refractivity contribution >= 4 is 0 Å². The molecule has 0 saturated carbocycles. The first-order valence-corrected chi connectivity index (χ1v) is 6.28. The molecule has 0 bridgehead atoms. The predicted octanol–water partition coefficient (Wildman–Crippen LogP) is 2.25. The monoisotopic (exact) mass is 198 g/mol. The Bertz CT molecular complexity index is 128. The van der Waals surface area contributed by atoms with Crippen LogP contribution in [0.4, 0.5) is 0 Å². The summed E-state index contributed by atoms with van der Waals surface area (Å²) in [4.78, 5) is 2.63. The number of rotatable bonds is 4. The summed E-state index contributed by atoms with van der Waals surface area (Å²) in [6.07, 6.45) is 7.13.